The summed E-state index contributed by atoms with van der Waals surface area (Å²) in [5.74, 6) is -1.82. The van der Waals surface area contributed by atoms with Crippen molar-refractivity contribution in [1.82, 2.24) is 0 Å². The molecular weight excluding hydrogens is 216 g/mol. The van der Waals surface area contributed by atoms with E-state index in [0.717, 1.165) is 18.2 Å². The summed E-state index contributed by atoms with van der Waals surface area (Å²) in [4.78, 5) is 11.1. The van der Waals surface area contributed by atoms with Crippen molar-refractivity contribution in [3.63, 3.8) is 0 Å². The molecular formula is C11H13F2NO2. The number of benzene rings is 1. The summed E-state index contributed by atoms with van der Waals surface area (Å²) in [6.07, 6.45) is -0.218. The van der Waals surface area contributed by atoms with E-state index < -0.39 is 23.1 Å². The molecule has 0 fully saturated rings. The number of carbonyl (C=O) groups excluding carboxylic acids is 1. The van der Waals surface area contributed by atoms with Crippen LogP contribution in [0.3, 0.4) is 0 Å². The molecule has 1 rings (SSSR count). The number of ether oxygens (including phenoxy) is 1. The van der Waals surface area contributed by atoms with Crippen LogP contribution >= 0.6 is 0 Å². The quantitative estimate of drug-likeness (QED) is 0.802. The molecule has 2 N–H and O–H groups in total. The Morgan fingerprint density at radius 2 is 2.12 bits per heavy atom. The molecule has 1 aromatic carbocycles. The highest BCUT2D eigenvalue weighted by Gasteiger charge is 2.28. The Balaban J connectivity index is 3.05. The largest absolute Gasteiger partial charge is 0.469 e. The van der Waals surface area contributed by atoms with Crippen molar-refractivity contribution in [1.29, 1.82) is 0 Å². The minimum atomic E-state index is -1.29. The maximum atomic E-state index is 13.4. The van der Waals surface area contributed by atoms with Gasteiger partial charge in [-0.2, -0.15) is 0 Å². The topological polar surface area (TPSA) is 52.3 Å². The van der Waals surface area contributed by atoms with Crippen LogP contribution in [-0.2, 0) is 15.1 Å². The van der Waals surface area contributed by atoms with Gasteiger partial charge in [0, 0.05) is 5.56 Å². The molecule has 1 unspecified atom stereocenters. The molecule has 0 bridgehead atoms. The SMILES string of the molecule is COC(=O)CC(C)(N)c1cc(F)ccc1F. The Morgan fingerprint density at radius 1 is 1.50 bits per heavy atom. The van der Waals surface area contributed by atoms with Crippen LogP contribution < -0.4 is 5.73 Å². The maximum absolute atomic E-state index is 13.4. The first-order valence-electron chi connectivity index (χ1n) is 4.68. The second kappa shape index (κ2) is 4.57. The first-order chi connectivity index (χ1) is 7.36. The van der Waals surface area contributed by atoms with Crippen molar-refractivity contribution in [2.24, 2.45) is 5.73 Å². The predicted octanol–water partition coefficient (Wildman–Crippen LogP) is 1.70. The smallest absolute Gasteiger partial charge is 0.307 e. The molecule has 0 radical (unpaired) electrons. The van der Waals surface area contributed by atoms with Crippen LogP contribution in [0.15, 0.2) is 18.2 Å². The van der Waals surface area contributed by atoms with Gasteiger partial charge in [-0.05, 0) is 25.1 Å². The van der Waals surface area contributed by atoms with Gasteiger partial charge < -0.3 is 10.5 Å². The van der Waals surface area contributed by atoms with E-state index in [1.807, 2.05) is 0 Å². The molecule has 3 nitrogen and oxygen atoms in total. The molecule has 88 valence electrons. The van der Waals surface area contributed by atoms with Crippen LogP contribution in [0.4, 0.5) is 8.78 Å². The van der Waals surface area contributed by atoms with Crippen LogP contribution in [0.2, 0.25) is 0 Å². The first-order valence-corrected chi connectivity index (χ1v) is 4.68. The molecule has 0 aliphatic rings. The van der Waals surface area contributed by atoms with Crippen LogP contribution in [-0.4, -0.2) is 13.1 Å². The number of hydrogen-bond acceptors (Lipinski definition) is 3. The second-order valence-corrected chi connectivity index (χ2v) is 3.79. The maximum Gasteiger partial charge on any atom is 0.307 e. The predicted molar refractivity (Wildman–Crippen MR) is 54.5 cm³/mol. The third-order valence-corrected chi connectivity index (χ3v) is 2.28. The van der Waals surface area contributed by atoms with E-state index in [0.29, 0.717) is 0 Å². The standard InChI is InChI=1S/C11H13F2NO2/c1-11(14,6-10(15)16-2)8-5-7(12)3-4-9(8)13/h3-5H,6,14H2,1-2H3. The summed E-state index contributed by atoms with van der Waals surface area (Å²) in [6, 6.07) is 2.96. The highest BCUT2D eigenvalue weighted by molar-refractivity contribution is 5.71. The number of nitrogens with two attached hydrogens (primary N) is 1. The van der Waals surface area contributed by atoms with Gasteiger partial charge in [-0.3, -0.25) is 4.79 Å². The fraction of sp³-hybridized carbons (Fsp3) is 0.364. The van der Waals surface area contributed by atoms with E-state index in [2.05, 4.69) is 4.74 Å². The third kappa shape index (κ3) is 2.76. The summed E-state index contributed by atoms with van der Waals surface area (Å²) in [7, 11) is 1.21. The molecule has 0 saturated heterocycles. The van der Waals surface area contributed by atoms with E-state index in [-0.39, 0.29) is 12.0 Å². The van der Waals surface area contributed by atoms with Crippen molar-refractivity contribution < 1.29 is 18.3 Å². The van der Waals surface area contributed by atoms with Crippen molar-refractivity contribution in [3.8, 4) is 0 Å². The van der Waals surface area contributed by atoms with Crippen molar-refractivity contribution in [3.05, 3.63) is 35.4 Å². The summed E-state index contributed by atoms with van der Waals surface area (Å²) in [5.41, 5.74) is 4.44. The molecule has 0 saturated carbocycles. The van der Waals surface area contributed by atoms with Gasteiger partial charge >= 0.3 is 5.97 Å². The van der Waals surface area contributed by atoms with Gasteiger partial charge in [0.2, 0.25) is 0 Å². The zero-order valence-electron chi connectivity index (χ0n) is 9.09. The minimum Gasteiger partial charge on any atom is -0.469 e. The molecule has 0 spiro atoms. The molecule has 0 aliphatic heterocycles. The Kier molecular flexibility index (Phi) is 3.59. The lowest BCUT2D eigenvalue weighted by Crippen LogP contribution is -2.37. The summed E-state index contributed by atoms with van der Waals surface area (Å²) < 4.78 is 30.8. The Hall–Kier alpha value is -1.49. The van der Waals surface area contributed by atoms with Gasteiger partial charge in [-0.1, -0.05) is 0 Å². The van der Waals surface area contributed by atoms with Gasteiger partial charge in [0.05, 0.1) is 19.1 Å². The molecule has 0 heterocycles. The lowest BCUT2D eigenvalue weighted by molar-refractivity contribution is -0.142. The number of hydrogen-bond donors (Lipinski definition) is 1. The number of methoxy groups -OCH3 is 1. The zero-order chi connectivity index (χ0) is 12.3. The number of halogens is 2. The van der Waals surface area contributed by atoms with Gasteiger partial charge in [-0.15, -0.1) is 0 Å². The molecule has 0 aliphatic carbocycles. The van der Waals surface area contributed by atoms with E-state index in [1.54, 1.807) is 0 Å². The Labute approximate surface area is 92.2 Å². The van der Waals surface area contributed by atoms with E-state index >= 15 is 0 Å². The molecule has 16 heavy (non-hydrogen) atoms. The normalized spacial score (nSPS) is 14.3. The average Bonchev–Trinajstić information content (AvgIpc) is 2.20. The van der Waals surface area contributed by atoms with Gasteiger partial charge in [0.1, 0.15) is 11.6 Å². The monoisotopic (exact) mass is 229 g/mol. The highest BCUT2D eigenvalue weighted by Crippen LogP contribution is 2.25. The second-order valence-electron chi connectivity index (χ2n) is 3.79. The molecule has 1 aromatic rings. The van der Waals surface area contributed by atoms with Crippen LogP contribution in [0.5, 0.6) is 0 Å². The van der Waals surface area contributed by atoms with E-state index in [9.17, 15) is 13.6 Å². The first kappa shape index (κ1) is 12.6. The summed E-state index contributed by atoms with van der Waals surface area (Å²) in [6.45, 7) is 1.45. The molecule has 0 amide bonds. The lowest BCUT2D eigenvalue weighted by atomic mass is 9.89. The van der Waals surface area contributed by atoms with Crippen molar-refractivity contribution in [2.45, 2.75) is 18.9 Å². The molecule has 1 atom stereocenters. The van der Waals surface area contributed by atoms with Gasteiger partial charge in [-0.25, -0.2) is 8.78 Å². The van der Waals surface area contributed by atoms with E-state index in [1.165, 1.54) is 14.0 Å². The number of esters is 1. The van der Waals surface area contributed by atoms with Crippen molar-refractivity contribution >= 4 is 5.97 Å². The fourth-order valence-electron chi connectivity index (χ4n) is 1.40. The molecule has 5 heteroatoms. The lowest BCUT2D eigenvalue weighted by Gasteiger charge is -2.24. The van der Waals surface area contributed by atoms with Gasteiger partial charge in [0.15, 0.2) is 0 Å². The molecule has 0 aromatic heterocycles. The minimum absolute atomic E-state index is 0.0436. The van der Waals surface area contributed by atoms with E-state index in [4.69, 9.17) is 5.73 Å². The Bertz CT molecular complexity index is 405. The summed E-state index contributed by atoms with van der Waals surface area (Å²) in [5, 5.41) is 0. The Morgan fingerprint density at radius 3 is 2.69 bits per heavy atom. The zero-order valence-corrected chi connectivity index (χ0v) is 9.09. The number of carbonyl (C=O) groups is 1. The third-order valence-electron chi connectivity index (χ3n) is 2.28. The van der Waals surface area contributed by atoms with Crippen molar-refractivity contribution in [2.75, 3.05) is 7.11 Å². The summed E-state index contributed by atoms with van der Waals surface area (Å²) >= 11 is 0. The average molecular weight is 229 g/mol. The number of rotatable bonds is 3. The van der Waals surface area contributed by atoms with Crippen LogP contribution in [0.1, 0.15) is 18.9 Å². The fourth-order valence-corrected chi connectivity index (χ4v) is 1.40. The van der Waals surface area contributed by atoms with Crippen LogP contribution in [0, 0.1) is 11.6 Å². The van der Waals surface area contributed by atoms with Gasteiger partial charge in [0.25, 0.3) is 0 Å². The van der Waals surface area contributed by atoms with Crippen LogP contribution in [0.25, 0.3) is 0 Å². The highest BCUT2D eigenvalue weighted by atomic mass is 19.1.